The van der Waals surface area contributed by atoms with Crippen LogP contribution in [0.15, 0.2) is 40.9 Å². The van der Waals surface area contributed by atoms with Crippen molar-refractivity contribution in [2.24, 2.45) is 0 Å². The van der Waals surface area contributed by atoms with E-state index in [4.69, 9.17) is 18.6 Å². The summed E-state index contributed by atoms with van der Waals surface area (Å²) in [5.74, 6) is 2.49. The SMILES string of the molecule is COc1ncccc1C(=O)N1CCC[C@@H](c2nnc(-c3ccc4c(c3)OCO4)o2)C1. The number of hydrogen-bond donors (Lipinski definition) is 0. The number of hydrogen-bond acceptors (Lipinski definition) is 8. The number of piperidine rings is 1. The van der Waals surface area contributed by atoms with Crippen molar-refractivity contribution < 1.29 is 23.4 Å². The van der Waals surface area contributed by atoms with Gasteiger partial charge in [-0.1, -0.05) is 0 Å². The van der Waals surface area contributed by atoms with E-state index in [-0.39, 0.29) is 18.6 Å². The second-order valence-electron chi connectivity index (χ2n) is 7.16. The average molecular weight is 408 g/mol. The van der Waals surface area contributed by atoms with Crippen LogP contribution in [0.5, 0.6) is 17.4 Å². The lowest BCUT2D eigenvalue weighted by molar-refractivity contribution is 0.0694. The van der Waals surface area contributed by atoms with Gasteiger partial charge in [-0.15, -0.1) is 10.2 Å². The highest BCUT2D eigenvalue weighted by Crippen LogP contribution is 2.36. The van der Waals surface area contributed by atoms with Crippen molar-refractivity contribution in [2.75, 3.05) is 27.0 Å². The van der Waals surface area contributed by atoms with Crippen LogP contribution < -0.4 is 14.2 Å². The lowest BCUT2D eigenvalue weighted by Crippen LogP contribution is -2.39. The zero-order valence-electron chi connectivity index (χ0n) is 16.4. The van der Waals surface area contributed by atoms with Crippen LogP contribution in [0.25, 0.3) is 11.5 Å². The molecular weight excluding hydrogens is 388 g/mol. The van der Waals surface area contributed by atoms with Gasteiger partial charge < -0.3 is 23.5 Å². The molecule has 1 fully saturated rings. The number of pyridine rings is 1. The van der Waals surface area contributed by atoms with Crippen molar-refractivity contribution in [3.8, 4) is 28.8 Å². The monoisotopic (exact) mass is 408 g/mol. The summed E-state index contributed by atoms with van der Waals surface area (Å²) in [4.78, 5) is 18.9. The molecule has 0 spiro atoms. The molecule has 0 bridgehead atoms. The fraction of sp³-hybridized carbons (Fsp3) is 0.333. The van der Waals surface area contributed by atoms with E-state index >= 15 is 0 Å². The zero-order valence-corrected chi connectivity index (χ0v) is 16.4. The van der Waals surface area contributed by atoms with Crippen LogP contribution in [0.3, 0.4) is 0 Å². The molecule has 1 amide bonds. The Kier molecular flexibility index (Phi) is 4.70. The van der Waals surface area contributed by atoms with Gasteiger partial charge in [0, 0.05) is 24.8 Å². The highest BCUT2D eigenvalue weighted by atomic mass is 16.7. The highest BCUT2D eigenvalue weighted by molar-refractivity contribution is 5.96. The summed E-state index contributed by atoms with van der Waals surface area (Å²) in [6.45, 7) is 1.37. The Bertz CT molecular complexity index is 1080. The van der Waals surface area contributed by atoms with Crippen LogP contribution in [-0.4, -0.2) is 53.0 Å². The molecule has 0 N–H and O–H groups in total. The van der Waals surface area contributed by atoms with Crippen LogP contribution in [0.2, 0.25) is 0 Å². The number of rotatable bonds is 4. The molecule has 2 aliphatic heterocycles. The second-order valence-corrected chi connectivity index (χ2v) is 7.16. The minimum Gasteiger partial charge on any atom is -0.480 e. The first-order valence-corrected chi connectivity index (χ1v) is 9.74. The number of aromatic nitrogens is 3. The standard InChI is InChI=1S/C21H20N4O5/c1-27-20-15(5-2-8-22-20)21(26)25-9-3-4-14(11-25)19-24-23-18(30-19)13-6-7-16-17(10-13)29-12-28-16/h2,5-8,10,14H,3-4,9,11-12H2,1H3/t14-/m1/s1. The predicted molar refractivity (Wildman–Crippen MR) is 105 cm³/mol. The zero-order chi connectivity index (χ0) is 20.5. The van der Waals surface area contributed by atoms with E-state index in [0.717, 1.165) is 18.4 Å². The first-order valence-electron chi connectivity index (χ1n) is 9.74. The molecular formula is C21H20N4O5. The number of amides is 1. The molecule has 9 heteroatoms. The third-order valence-electron chi connectivity index (χ3n) is 5.31. The first kappa shape index (κ1) is 18.4. The highest BCUT2D eigenvalue weighted by Gasteiger charge is 2.30. The van der Waals surface area contributed by atoms with Gasteiger partial charge in [0.05, 0.1) is 13.0 Å². The summed E-state index contributed by atoms with van der Waals surface area (Å²) in [7, 11) is 1.51. The molecule has 1 saturated heterocycles. The number of likely N-dealkylation sites (tertiary alicyclic amines) is 1. The molecule has 0 aliphatic carbocycles. The molecule has 5 rings (SSSR count). The lowest BCUT2D eigenvalue weighted by Gasteiger charge is -2.31. The summed E-state index contributed by atoms with van der Waals surface area (Å²) in [5.41, 5.74) is 1.22. The minimum atomic E-state index is -0.111. The number of fused-ring (bicyclic) bond motifs is 1. The van der Waals surface area contributed by atoms with Gasteiger partial charge in [-0.05, 0) is 43.2 Å². The number of benzene rings is 1. The normalized spacial score (nSPS) is 17.8. The van der Waals surface area contributed by atoms with Crippen LogP contribution in [-0.2, 0) is 0 Å². The molecule has 0 unspecified atom stereocenters. The summed E-state index contributed by atoms with van der Waals surface area (Å²) in [6, 6.07) is 8.96. The van der Waals surface area contributed by atoms with Crippen LogP contribution in [0, 0.1) is 0 Å². The number of carbonyl (C=O) groups is 1. The quantitative estimate of drug-likeness (QED) is 0.650. The minimum absolute atomic E-state index is 0.0272. The van der Waals surface area contributed by atoms with E-state index in [0.29, 0.717) is 47.8 Å². The van der Waals surface area contributed by atoms with Crippen molar-refractivity contribution in [2.45, 2.75) is 18.8 Å². The summed E-state index contributed by atoms with van der Waals surface area (Å²) in [6.07, 6.45) is 3.32. The lowest BCUT2D eigenvalue weighted by atomic mass is 9.97. The van der Waals surface area contributed by atoms with E-state index in [1.165, 1.54) is 7.11 Å². The van der Waals surface area contributed by atoms with Crippen molar-refractivity contribution in [1.29, 1.82) is 0 Å². The Morgan fingerprint density at radius 2 is 2.10 bits per heavy atom. The number of nitrogens with zero attached hydrogens (tertiary/aromatic N) is 4. The molecule has 0 saturated carbocycles. The smallest absolute Gasteiger partial charge is 0.259 e. The summed E-state index contributed by atoms with van der Waals surface area (Å²) >= 11 is 0. The molecule has 4 heterocycles. The Morgan fingerprint density at radius 1 is 1.20 bits per heavy atom. The Balaban J connectivity index is 1.34. The van der Waals surface area contributed by atoms with Gasteiger partial charge in [0.25, 0.3) is 5.91 Å². The van der Waals surface area contributed by atoms with Crippen molar-refractivity contribution in [1.82, 2.24) is 20.1 Å². The largest absolute Gasteiger partial charge is 0.480 e. The molecule has 3 aromatic rings. The summed E-state index contributed by atoms with van der Waals surface area (Å²) < 4.78 is 21.9. The molecule has 1 aromatic carbocycles. The maximum Gasteiger partial charge on any atom is 0.259 e. The molecule has 2 aliphatic rings. The van der Waals surface area contributed by atoms with Crippen LogP contribution >= 0.6 is 0 Å². The molecule has 0 radical (unpaired) electrons. The second kappa shape index (κ2) is 7.66. The molecule has 1 atom stereocenters. The average Bonchev–Trinajstić information content (AvgIpc) is 3.48. The van der Waals surface area contributed by atoms with E-state index in [2.05, 4.69) is 15.2 Å². The molecule has 9 nitrogen and oxygen atoms in total. The Hall–Kier alpha value is -3.62. The van der Waals surface area contributed by atoms with Crippen molar-refractivity contribution >= 4 is 5.91 Å². The number of carbonyl (C=O) groups excluding carboxylic acids is 1. The Labute approximate surface area is 172 Å². The van der Waals surface area contributed by atoms with Gasteiger partial charge in [-0.25, -0.2) is 4.98 Å². The first-order chi connectivity index (χ1) is 14.7. The van der Waals surface area contributed by atoms with E-state index in [9.17, 15) is 4.79 Å². The van der Waals surface area contributed by atoms with E-state index < -0.39 is 0 Å². The van der Waals surface area contributed by atoms with Gasteiger partial charge in [-0.2, -0.15) is 0 Å². The van der Waals surface area contributed by atoms with Gasteiger partial charge in [0.15, 0.2) is 11.5 Å². The van der Waals surface area contributed by atoms with Gasteiger partial charge in [0.1, 0.15) is 5.56 Å². The maximum absolute atomic E-state index is 13.0. The fourth-order valence-electron chi connectivity index (χ4n) is 3.80. The summed E-state index contributed by atoms with van der Waals surface area (Å²) in [5, 5.41) is 8.44. The Morgan fingerprint density at radius 3 is 3.00 bits per heavy atom. The van der Waals surface area contributed by atoms with Crippen molar-refractivity contribution in [3.05, 3.63) is 48.0 Å². The van der Waals surface area contributed by atoms with Crippen LogP contribution in [0.1, 0.15) is 35.0 Å². The van der Waals surface area contributed by atoms with E-state index in [1.807, 2.05) is 18.2 Å². The van der Waals surface area contributed by atoms with Gasteiger partial charge in [-0.3, -0.25) is 4.79 Å². The van der Waals surface area contributed by atoms with Gasteiger partial charge >= 0.3 is 0 Å². The third kappa shape index (κ3) is 3.32. The maximum atomic E-state index is 13.0. The molecule has 2 aromatic heterocycles. The van der Waals surface area contributed by atoms with Crippen LogP contribution in [0.4, 0.5) is 0 Å². The topological polar surface area (TPSA) is 99.8 Å². The number of ether oxygens (including phenoxy) is 3. The van der Waals surface area contributed by atoms with Gasteiger partial charge in [0.2, 0.25) is 24.5 Å². The van der Waals surface area contributed by atoms with Crippen molar-refractivity contribution in [3.63, 3.8) is 0 Å². The van der Waals surface area contributed by atoms with E-state index in [1.54, 1.807) is 23.2 Å². The predicted octanol–water partition coefficient (Wildman–Crippen LogP) is 2.89. The molecule has 30 heavy (non-hydrogen) atoms. The number of methoxy groups -OCH3 is 1. The third-order valence-corrected chi connectivity index (χ3v) is 5.31. The molecule has 154 valence electrons. The fourth-order valence-corrected chi connectivity index (χ4v) is 3.80.